The zero-order valence-electron chi connectivity index (χ0n) is 11.6. The maximum absolute atomic E-state index is 12.1. The SMILES string of the molecule is CCN[C@H](C)CNS(=O)(=O)c1ccc(SC)c(Cl)c1.Cl. The summed E-state index contributed by atoms with van der Waals surface area (Å²) >= 11 is 7.51. The summed E-state index contributed by atoms with van der Waals surface area (Å²) in [7, 11) is -3.50. The largest absolute Gasteiger partial charge is 0.313 e. The third-order valence-electron chi connectivity index (χ3n) is 2.57. The third-order valence-corrected chi connectivity index (χ3v) is 5.21. The minimum absolute atomic E-state index is 0. The number of hydrogen-bond acceptors (Lipinski definition) is 4. The smallest absolute Gasteiger partial charge is 0.240 e. The molecule has 0 fully saturated rings. The van der Waals surface area contributed by atoms with E-state index in [1.54, 1.807) is 12.1 Å². The molecule has 1 aromatic carbocycles. The number of benzene rings is 1. The highest BCUT2D eigenvalue weighted by atomic mass is 35.5. The monoisotopic (exact) mass is 358 g/mol. The van der Waals surface area contributed by atoms with E-state index in [4.69, 9.17) is 11.6 Å². The van der Waals surface area contributed by atoms with Crippen LogP contribution in [0.4, 0.5) is 0 Å². The van der Waals surface area contributed by atoms with E-state index in [9.17, 15) is 8.42 Å². The highest BCUT2D eigenvalue weighted by molar-refractivity contribution is 7.98. The summed E-state index contributed by atoms with van der Waals surface area (Å²) in [5.74, 6) is 0. The first kappa shape index (κ1) is 20.0. The molecule has 0 aliphatic heterocycles. The molecule has 1 rings (SSSR count). The average Bonchev–Trinajstić information content (AvgIpc) is 2.37. The van der Waals surface area contributed by atoms with Gasteiger partial charge in [0.2, 0.25) is 10.0 Å². The van der Waals surface area contributed by atoms with Crippen LogP contribution in [0.1, 0.15) is 13.8 Å². The molecule has 0 radical (unpaired) electrons. The van der Waals surface area contributed by atoms with E-state index >= 15 is 0 Å². The van der Waals surface area contributed by atoms with Crippen molar-refractivity contribution in [2.45, 2.75) is 29.7 Å². The summed E-state index contributed by atoms with van der Waals surface area (Å²) in [6.45, 7) is 5.05. The van der Waals surface area contributed by atoms with Gasteiger partial charge in [-0.2, -0.15) is 0 Å². The van der Waals surface area contributed by atoms with Crippen molar-refractivity contribution in [2.24, 2.45) is 0 Å². The summed E-state index contributed by atoms with van der Waals surface area (Å²) in [5, 5.41) is 3.60. The summed E-state index contributed by atoms with van der Waals surface area (Å²) < 4.78 is 26.7. The number of sulfonamides is 1. The van der Waals surface area contributed by atoms with E-state index < -0.39 is 10.0 Å². The van der Waals surface area contributed by atoms with Crippen molar-refractivity contribution in [1.29, 1.82) is 0 Å². The Morgan fingerprint density at radius 3 is 2.55 bits per heavy atom. The Balaban J connectivity index is 0.00000361. The van der Waals surface area contributed by atoms with E-state index in [-0.39, 0.29) is 23.3 Å². The zero-order valence-corrected chi connectivity index (χ0v) is 14.8. The average molecular weight is 359 g/mol. The van der Waals surface area contributed by atoms with Crippen LogP contribution >= 0.6 is 35.8 Å². The highest BCUT2D eigenvalue weighted by Crippen LogP contribution is 2.27. The molecule has 0 amide bonds. The Morgan fingerprint density at radius 1 is 1.40 bits per heavy atom. The number of likely N-dealkylation sites (N-methyl/N-ethyl adjacent to an activating group) is 1. The molecule has 0 saturated carbocycles. The van der Waals surface area contributed by atoms with Gasteiger partial charge in [-0.3, -0.25) is 0 Å². The number of rotatable bonds is 7. The summed E-state index contributed by atoms with van der Waals surface area (Å²) in [5.41, 5.74) is 0. The number of halogens is 2. The van der Waals surface area contributed by atoms with Crippen molar-refractivity contribution < 1.29 is 8.42 Å². The number of thioether (sulfide) groups is 1. The molecule has 0 aliphatic rings. The van der Waals surface area contributed by atoms with Gasteiger partial charge in [-0.1, -0.05) is 18.5 Å². The molecule has 0 heterocycles. The van der Waals surface area contributed by atoms with Gasteiger partial charge in [-0.05, 0) is 37.9 Å². The van der Waals surface area contributed by atoms with E-state index in [1.807, 2.05) is 20.1 Å². The molecule has 20 heavy (non-hydrogen) atoms. The van der Waals surface area contributed by atoms with Crippen LogP contribution in [0.25, 0.3) is 0 Å². The second-order valence-corrected chi connectivity index (χ2v) is 7.13. The van der Waals surface area contributed by atoms with Gasteiger partial charge in [0.1, 0.15) is 0 Å². The fourth-order valence-electron chi connectivity index (χ4n) is 1.55. The molecule has 1 aromatic rings. The van der Waals surface area contributed by atoms with Crippen molar-refractivity contribution >= 4 is 45.8 Å². The molecule has 0 spiro atoms. The molecule has 0 aliphatic carbocycles. The van der Waals surface area contributed by atoms with Gasteiger partial charge in [0, 0.05) is 17.5 Å². The molecule has 0 saturated heterocycles. The Kier molecular flexibility index (Phi) is 9.13. The van der Waals surface area contributed by atoms with Gasteiger partial charge in [-0.25, -0.2) is 13.1 Å². The summed E-state index contributed by atoms with van der Waals surface area (Å²) in [4.78, 5) is 1.06. The Morgan fingerprint density at radius 2 is 2.05 bits per heavy atom. The van der Waals surface area contributed by atoms with E-state index in [0.717, 1.165) is 11.4 Å². The first-order chi connectivity index (χ1) is 8.90. The molecule has 8 heteroatoms. The summed E-state index contributed by atoms with van der Waals surface area (Å²) in [6, 6.07) is 4.85. The molecule has 1 atom stereocenters. The molecular formula is C12H20Cl2N2O2S2. The van der Waals surface area contributed by atoms with Crippen LogP contribution in [0, 0.1) is 0 Å². The molecule has 2 N–H and O–H groups in total. The van der Waals surface area contributed by atoms with Crippen molar-refractivity contribution in [3.05, 3.63) is 23.2 Å². The van der Waals surface area contributed by atoms with Gasteiger partial charge in [0.05, 0.1) is 9.92 Å². The first-order valence-electron chi connectivity index (χ1n) is 5.97. The zero-order chi connectivity index (χ0) is 14.5. The van der Waals surface area contributed by atoms with E-state index in [2.05, 4.69) is 10.0 Å². The lowest BCUT2D eigenvalue weighted by Gasteiger charge is -2.14. The molecular weight excluding hydrogens is 339 g/mol. The Hall–Kier alpha value is 0.0200. The second kappa shape index (κ2) is 9.12. The second-order valence-electron chi connectivity index (χ2n) is 4.11. The first-order valence-corrected chi connectivity index (χ1v) is 9.06. The van der Waals surface area contributed by atoms with E-state index in [0.29, 0.717) is 11.6 Å². The van der Waals surface area contributed by atoms with Crippen LogP contribution in [0.2, 0.25) is 5.02 Å². The Bertz CT molecular complexity index is 524. The fraction of sp³-hybridized carbons (Fsp3) is 0.500. The molecule has 0 unspecified atom stereocenters. The standard InChI is InChI=1S/C12H19ClN2O2S2.ClH/c1-4-14-9(2)8-15-19(16,17)10-5-6-12(18-3)11(13)7-10;/h5-7,9,14-15H,4,8H2,1-3H3;1H/t9-;/m1./s1. The lowest BCUT2D eigenvalue weighted by molar-refractivity contribution is 0.536. The minimum Gasteiger partial charge on any atom is -0.313 e. The topological polar surface area (TPSA) is 58.2 Å². The van der Waals surface area contributed by atoms with Crippen LogP contribution in [0.3, 0.4) is 0 Å². The third kappa shape index (κ3) is 5.79. The quantitative estimate of drug-likeness (QED) is 0.735. The molecule has 4 nitrogen and oxygen atoms in total. The minimum atomic E-state index is -3.50. The lowest BCUT2D eigenvalue weighted by atomic mass is 10.3. The molecule has 0 aromatic heterocycles. The summed E-state index contributed by atoms with van der Waals surface area (Å²) in [6.07, 6.45) is 1.89. The van der Waals surface area contributed by atoms with Gasteiger partial charge in [-0.15, -0.1) is 24.2 Å². The fourth-order valence-corrected chi connectivity index (χ4v) is 3.64. The van der Waals surface area contributed by atoms with Gasteiger partial charge in [0.25, 0.3) is 0 Å². The highest BCUT2D eigenvalue weighted by Gasteiger charge is 2.16. The van der Waals surface area contributed by atoms with Crippen molar-refractivity contribution in [3.63, 3.8) is 0 Å². The molecule has 116 valence electrons. The maximum Gasteiger partial charge on any atom is 0.240 e. The van der Waals surface area contributed by atoms with Crippen LogP contribution in [-0.2, 0) is 10.0 Å². The number of nitrogens with one attached hydrogen (secondary N) is 2. The van der Waals surface area contributed by atoms with E-state index in [1.165, 1.54) is 17.8 Å². The predicted octanol–water partition coefficient (Wildman–Crippen LogP) is 2.76. The van der Waals surface area contributed by atoms with Crippen molar-refractivity contribution in [2.75, 3.05) is 19.3 Å². The number of hydrogen-bond donors (Lipinski definition) is 2. The van der Waals surface area contributed by atoms with Gasteiger partial charge >= 0.3 is 0 Å². The van der Waals surface area contributed by atoms with Crippen LogP contribution < -0.4 is 10.0 Å². The molecule has 0 bridgehead atoms. The van der Waals surface area contributed by atoms with Crippen molar-refractivity contribution in [3.8, 4) is 0 Å². The van der Waals surface area contributed by atoms with Crippen molar-refractivity contribution in [1.82, 2.24) is 10.0 Å². The van der Waals surface area contributed by atoms with Gasteiger partial charge in [0.15, 0.2) is 0 Å². The van der Waals surface area contributed by atoms with Crippen LogP contribution in [-0.4, -0.2) is 33.8 Å². The van der Waals surface area contributed by atoms with Gasteiger partial charge < -0.3 is 5.32 Å². The lowest BCUT2D eigenvalue weighted by Crippen LogP contribution is -2.38. The van der Waals surface area contributed by atoms with Crippen LogP contribution in [0.5, 0.6) is 0 Å². The normalized spacial score (nSPS) is 12.8. The Labute approximate surface area is 136 Å². The van der Waals surface area contributed by atoms with Crippen LogP contribution in [0.15, 0.2) is 28.0 Å². The maximum atomic E-state index is 12.1. The predicted molar refractivity (Wildman–Crippen MR) is 88.8 cm³/mol.